The van der Waals surface area contributed by atoms with Crippen molar-refractivity contribution in [2.24, 2.45) is 0 Å². The SMILES string of the molecule is [2H]c1c([2H])c(-c2c3c([2H])c([2H])c([2H])c([2H])c3c(-c3c([2H])c([2H])c([2H])c4oc5c([2H])c([2H])c([2H])c([2H])c5c34)c3c([2H])c([2H])c([2H])c([2H])c23)c([2H])c(-c2c([2H])c([2H])c([2H])c3c([2H])c([2H])c4c([2H])c([2H])c([2H])c([2H])c4c23)c1[2H]. The van der Waals surface area contributed by atoms with Crippen molar-refractivity contribution in [3.8, 4) is 33.4 Å². The predicted octanol–water partition coefficient (Wildman–Crippen LogP) is 13.2. The van der Waals surface area contributed by atoms with Crippen LogP contribution in [-0.4, -0.2) is 0 Å². The first-order valence-corrected chi connectivity index (χ1v) is 13.9. The highest BCUT2D eigenvalue weighted by Crippen LogP contribution is 2.47. The van der Waals surface area contributed by atoms with E-state index in [2.05, 4.69) is 0 Å². The van der Waals surface area contributed by atoms with Gasteiger partial charge >= 0.3 is 0 Å². The van der Waals surface area contributed by atoms with Gasteiger partial charge in [-0.2, -0.15) is 0 Å². The molecule has 1 nitrogen and oxygen atoms in total. The van der Waals surface area contributed by atoms with E-state index in [1.54, 1.807) is 0 Å². The summed E-state index contributed by atoms with van der Waals surface area (Å²) in [6.07, 6.45) is 0. The molecule has 0 unspecified atom stereocenters. The number of fused-ring (bicyclic) bond motifs is 8. The van der Waals surface area contributed by atoms with Crippen molar-refractivity contribution in [3.05, 3.63) is 169 Å². The van der Waals surface area contributed by atoms with Gasteiger partial charge in [0.15, 0.2) is 0 Å². The Morgan fingerprint density at radius 1 is 0.340 bits per heavy atom. The van der Waals surface area contributed by atoms with Crippen molar-refractivity contribution >= 4 is 65.0 Å². The standard InChI is InChI=1S/C46H28O/c1-2-16-33-29(12-1)26-27-30-13-10-22-34(43(30)33)31-14-9-15-32(28-31)44-35-17-3-5-19-37(35)45(38-20-6-4-18-36(38)44)40-23-11-25-42-46(40)39-21-7-8-24-41(39)47-42/h1-28H/i1D,2D,3D,4D,5D,6D,7D,8D,9D,10D,11D,12D,13D,14D,15D,16D,17D,18D,19D,20D,21D,22D,23D,24D,25D,26D,27D,28D. The first-order valence-electron chi connectivity index (χ1n) is 27.9. The Labute approximate surface area is 311 Å². The Morgan fingerprint density at radius 3 is 1.66 bits per heavy atom. The van der Waals surface area contributed by atoms with Gasteiger partial charge in [0.1, 0.15) is 11.2 Å². The average molecular weight is 625 g/mol. The fraction of sp³-hybridized carbons (Fsp3) is 0. The molecule has 47 heavy (non-hydrogen) atoms. The summed E-state index contributed by atoms with van der Waals surface area (Å²) in [6.45, 7) is 0. The van der Waals surface area contributed by atoms with Crippen LogP contribution in [0, 0.1) is 0 Å². The molecule has 0 radical (unpaired) electrons. The summed E-state index contributed by atoms with van der Waals surface area (Å²) < 4.78 is 259. The molecule has 10 aromatic rings. The van der Waals surface area contributed by atoms with E-state index in [1.807, 2.05) is 0 Å². The second-order valence-electron chi connectivity index (χ2n) is 10.3. The van der Waals surface area contributed by atoms with Crippen LogP contribution in [0.25, 0.3) is 98.4 Å². The maximum atomic E-state index is 10.0. The lowest BCUT2D eigenvalue weighted by Gasteiger charge is -2.19. The van der Waals surface area contributed by atoms with Crippen LogP contribution in [0.5, 0.6) is 0 Å². The molecule has 0 aliphatic heterocycles. The molecule has 0 saturated heterocycles. The third kappa shape index (κ3) is 3.90. The van der Waals surface area contributed by atoms with E-state index in [-0.39, 0.29) is 0 Å². The molecule has 218 valence electrons. The van der Waals surface area contributed by atoms with Gasteiger partial charge in [-0.15, -0.1) is 0 Å². The molecular weight excluding hydrogens is 569 g/mol. The summed E-state index contributed by atoms with van der Waals surface area (Å²) in [5.74, 6) is 0. The summed E-state index contributed by atoms with van der Waals surface area (Å²) in [6, 6.07) is -26.5. The second kappa shape index (κ2) is 10.2. The fourth-order valence-electron chi connectivity index (χ4n) is 5.92. The van der Waals surface area contributed by atoms with Crippen molar-refractivity contribution in [2.45, 2.75) is 0 Å². The van der Waals surface area contributed by atoms with Gasteiger partial charge in [-0.05, 0) is 94.6 Å². The first-order chi connectivity index (χ1) is 35.0. The smallest absolute Gasteiger partial charge is 0.136 e. The van der Waals surface area contributed by atoms with Crippen LogP contribution in [0.2, 0.25) is 0 Å². The van der Waals surface area contributed by atoms with Crippen LogP contribution in [-0.2, 0) is 0 Å². The summed E-state index contributed by atoms with van der Waals surface area (Å²) in [5, 5.41) is -6.54. The van der Waals surface area contributed by atoms with Crippen LogP contribution >= 0.6 is 0 Å². The van der Waals surface area contributed by atoms with Crippen LogP contribution < -0.4 is 0 Å². The van der Waals surface area contributed by atoms with Crippen LogP contribution in [0.3, 0.4) is 0 Å². The number of para-hydroxylation sites is 1. The van der Waals surface area contributed by atoms with E-state index in [1.165, 1.54) is 0 Å². The number of rotatable bonds is 3. The topological polar surface area (TPSA) is 13.1 Å². The van der Waals surface area contributed by atoms with E-state index in [0.29, 0.717) is 0 Å². The van der Waals surface area contributed by atoms with Gasteiger partial charge < -0.3 is 4.42 Å². The normalized spacial score (nSPS) is 20.2. The highest BCUT2D eigenvalue weighted by Gasteiger charge is 2.20. The van der Waals surface area contributed by atoms with E-state index in [4.69, 9.17) is 29.1 Å². The maximum Gasteiger partial charge on any atom is 0.136 e. The van der Waals surface area contributed by atoms with Crippen molar-refractivity contribution in [2.75, 3.05) is 0 Å². The fourth-order valence-corrected chi connectivity index (χ4v) is 5.92. The van der Waals surface area contributed by atoms with Crippen LogP contribution in [0.4, 0.5) is 0 Å². The van der Waals surface area contributed by atoms with E-state index >= 15 is 0 Å². The van der Waals surface area contributed by atoms with Crippen molar-refractivity contribution < 1.29 is 42.8 Å². The van der Waals surface area contributed by atoms with Crippen LogP contribution in [0.1, 0.15) is 38.4 Å². The Kier molecular flexibility index (Phi) is 2.31. The molecule has 1 aromatic heterocycles. The zero-order valence-electron chi connectivity index (χ0n) is 51.4. The average Bonchev–Trinajstić information content (AvgIpc) is 3.80. The quantitative estimate of drug-likeness (QED) is 0.141. The number of hydrogen-bond acceptors (Lipinski definition) is 1. The zero-order chi connectivity index (χ0) is 55.3. The van der Waals surface area contributed by atoms with Crippen molar-refractivity contribution in [1.29, 1.82) is 0 Å². The minimum Gasteiger partial charge on any atom is -0.456 e. The Balaban J connectivity index is 1.54. The zero-order valence-corrected chi connectivity index (χ0v) is 23.4. The molecule has 0 aliphatic carbocycles. The molecule has 1 heteroatoms. The van der Waals surface area contributed by atoms with E-state index in [9.17, 15) is 13.7 Å². The molecule has 0 saturated carbocycles. The molecule has 9 aromatic carbocycles. The third-order valence-corrected chi connectivity index (χ3v) is 7.82. The minimum absolute atomic E-state index is 0.492. The second-order valence-corrected chi connectivity index (χ2v) is 10.3. The lowest BCUT2D eigenvalue weighted by Crippen LogP contribution is -1.92. The Morgan fingerprint density at radius 2 is 0.872 bits per heavy atom. The van der Waals surface area contributed by atoms with Crippen molar-refractivity contribution in [1.82, 2.24) is 0 Å². The Bertz CT molecular complexity index is 4360. The van der Waals surface area contributed by atoms with Gasteiger partial charge in [0.05, 0.1) is 38.4 Å². The molecule has 0 N–H and O–H groups in total. The van der Waals surface area contributed by atoms with Gasteiger partial charge in [-0.25, -0.2) is 0 Å². The molecule has 0 bridgehead atoms. The van der Waals surface area contributed by atoms with Gasteiger partial charge in [0.25, 0.3) is 0 Å². The monoisotopic (exact) mass is 624 g/mol. The summed E-state index contributed by atoms with van der Waals surface area (Å²) in [4.78, 5) is 0. The van der Waals surface area contributed by atoms with Gasteiger partial charge in [-0.1, -0.05) is 151 Å². The van der Waals surface area contributed by atoms with Gasteiger partial charge in [0, 0.05) is 10.8 Å². The summed E-state index contributed by atoms with van der Waals surface area (Å²) in [5.41, 5.74) is -5.99. The summed E-state index contributed by atoms with van der Waals surface area (Å²) >= 11 is 0. The Hall–Kier alpha value is -6.18. The molecule has 0 amide bonds. The molecule has 0 spiro atoms. The molecule has 0 aliphatic rings. The molecule has 1 heterocycles. The largest absolute Gasteiger partial charge is 0.456 e. The number of hydrogen-bond donors (Lipinski definition) is 0. The third-order valence-electron chi connectivity index (χ3n) is 7.82. The highest BCUT2D eigenvalue weighted by atomic mass is 16.3. The lowest BCUT2D eigenvalue weighted by molar-refractivity contribution is 0.669. The molecule has 0 atom stereocenters. The highest BCUT2D eigenvalue weighted by molar-refractivity contribution is 6.26. The predicted molar refractivity (Wildman–Crippen MR) is 200 cm³/mol. The van der Waals surface area contributed by atoms with Gasteiger partial charge in [-0.3, -0.25) is 0 Å². The molecule has 0 fully saturated rings. The molecular formula is C46H28O. The van der Waals surface area contributed by atoms with Gasteiger partial charge in [0.2, 0.25) is 0 Å². The number of benzene rings is 9. The van der Waals surface area contributed by atoms with Crippen molar-refractivity contribution in [3.63, 3.8) is 0 Å². The maximum absolute atomic E-state index is 10.0. The van der Waals surface area contributed by atoms with Crippen LogP contribution in [0.15, 0.2) is 174 Å². The summed E-state index contributed by atoms with van der Waals surface area (Å²) in [7, 11) is 0. The lowest BCUT2D eigenvalue weighted by atomic mass is 9.84. The number of furan rings is 1. The minimum atomic E-state index is -1.12. The first kappa shape index (κ1) is 10.7. The molecule has 10 rings (SSSR count). The van der Waals surface area contributed by atoms with E-state index < -0.39 is 268 Å². The van der Waals surface area contributed by atoms with E-state index in [0.717, 1.165) is 0 Å².